The van der Waals surface area contributed by atoms with Gasteiger partial charge in [-0.15, -0.1) is 0 Å². The quantitative estimate of drug-likeness (QED) is 0.436. The van der Waals surface area contributed by atoms with Crippen molar-refractivity contribution in [2.24, 2.45) is 0 Å². The van der Waals surface area contributed by atoms with Crippen molar-refractivity contribution in [3.05, 3.63) is 70.9 Å². The number of hydrogen-bond acceptors (Lipinski definition) is 6. The predicted octanol–water partition coefficient (Wildman–Crippen LogP) is 3.95. The minimum absolute atomic E-state index is 0.229. The van der Waals surface area contributed by atoms with Gasteiger partial charge in [0.25, 0.3) is 0 Å². The fraction of sp³-hybridized carbons (Fsp3) is 0.280. The lowest BCUT2D eigenvalue weighted by atomic mass is 10.0. The lowest BCUT2D eigenvalue weighted by Crippen LogP contribution is -2.22. The molecule has 0 aliphatic carbocycles. The minimum Gasteiger partial charge on any atom is -0.493 e. The molecule has 0 amide bonds. The van der Waals surface area contributed by atoms with E-state index < -0.39 is 10.0 Å². The van der Waals surface area contributed by atoms with Gasteiger partial charge in [-0.05, 0) is 49.2 Å². The number of imidazole rings is 1. The number of fused-ring (bicyclic) bond motifs is 2. The van der Waals surface area contributed by atoms with Crippen LogP contribution in [0.5, 0.6) is 5.75 Å². The molecule has 8 nitrogen and oxygen atoms in total. The molecule has 0 saturated heterocycles. The number of anilines is 1. The van der Waals surface area contributed by atoms with Crippen LogP contribution in [0.4, 0.5) is 10.3 Å². The highest BCUT2D eigenvalue weighted by Gasteiger charge is 2.21. The molecule has 0 bridgehead atoms. The molecule has 35 heavy (non-hydrogen) atoms. The van der Waals surface area contributed by atoms with E-state index in [0.717, 1.165) is 33.7 Å². The summed E-state index contributed by atoms with van der Waals surface area (Å²) in [6.07, 6.45) is 4.25. The molecule has 1 aliphatic rings. The Hall–Kier alpha value is -3.50. The molecule has 0 unspecified atom stereocenters. The topological polar surface area (TPSA) is 88.8 Å². The largest absolute Gasteiger partial charge is 0.493 e. The first-order valence-corrected chi connectivity index (χ1v) is 12.7. The number of nitrogens with one attached hydrogen (secondary N) is 1. The number of benzene rings is 2. The van der Waals surface area contributed by atoms with E-state index in [2.05, 4.69) is 15.3 Å². The standard InChI is InChI=1S/C25H26FN5O3S/c1-15-11-17(35(32,33)30(3)4)5-6-18(15)21-13-28-25(31-14-16(2)29-24(21)31)27-12-20-19-9-10-34-23(19)8-7-22(20)26/h5-8,11,13-14H,9-10,12H2,1-4H3,(H,27,28). The van der Waals surface area contributed by atoms with Crippen LogP contribution in [0.3, 0.4) is 0 Å². The fourth-order valence-corrected chi connectivity index (χ4v) is 5.39. The number of hydrogen-bond donors (Lipinski definition) is 1. The van der Waals surface area contributed by atoms with E-state index in [-0.39, 0.29) is 17.3 Å². The number of nitrogens with zero attached hydrogens (tertiary/aromatic N) is 4. The average Bonchev–Trinajstić information content (AvgIpc) is 3.44. The van der Waals surface area contributed by atoms with Crippen LogP contribution in [0.25, 0.3) is 16.8 Å². The van der Waals surface area contributed by atoms with E-state index in [4.69, 9.17) is 4.74 Å². The predicted molar refractivity (Wildman–Crippen MR) is 132 cm³/mol. The Balaban J connectivity index is 1.52. The summed E-state index contributed by atoms with van der Waals surface area (Å²) in [6, 6.07) is 8.13. The lowest BCUT2D eigenvalue weighted by molar-refractivity contribution is 0.356. The summed E-state index contributed by atoms with van der Waals surface area (Å²) in [5, 5.41) is 3.25. The summed E-state index contributed by atoms with van der Waals surface area (Å²) in [6.45, 7) is 4.56. The average molecular weight is 496 g/mol. The molecule has 4 aromatic rings. The zero-order valence-corrected chi connectivity index (χ0v) is 20.8. The smallest absolute Gasteiger partial charge is 0.242 e. The summed E-state index contributed by atoms with van der Waals surface area (Å²) in [5.74, 6) is 0.981. The normalized spacial score (nSPS) is 13.3. The monoisotopic (exact) mass is 495 g/mol. The SMILES string of the molecule is Cc1cn2c(NCc3c(F)ccc4c3CCO4)ncc(-c3ccc(S(=O)(=O)N(C)C)cc3C)c2n1. The van der Waals surface area contributed by atoms with Gasteiger partial charge in [-0.1, -0.05) is 6.07 Å². The Labute approximate surface area is 203 Å². The van der Waals surface area contributed by atoms with E-state index in [1.54, 1.807) is 30.5 Å². The third kappa shape index (κ3) is 4.02. The van der Waals surface area contributed by atoms with Crippen LogP contribution in [0, 0.1) is 19.7 Å². The van der Waals surface area contributed by atoms with E-state index in [0.29, 0.717) is 30.2 Å². The molecule has 10 heteroatoms. The van der Waals surface area contributed by atoms with Gasteiger partial charge in [0.15, 0.2) is 0 Å². The van der Waals surface area contributed by atoms with E-state index in [1.807, 2.05) is 24.4 Å². The number of ether oxygens (including phenoxy) is 1. The molecule has 0 atom stereocenters. The molecular weight excluding hydrogens is 469 g/mol. The number of aromatic nitrogens is 3. The molecule has 1 aliphatic heterocycles. The molecule has 0 saturated carbocycles. The van der Waals surface area contributed by atoms with Gasteiger partial charge >= 0.3 is 0 Å². The molecule has 2 aromatic heterocycles. The third-order valence-corrected chi connectivity index (χ3v) is 8.05. The van der Waals surface area contributed by atoms with Gasteiger partial charge in [-0.2, -0.15) is 0 Å². The first kappa shape index (κ1) is 23.3. The number of aryl methyl sites for hydroxylation is 2. The second-order valence-corrected chi connectivity index (χ2v) is 10.9. The molecule has 0 radical (unpaired) electrons. The van der Waals surface area contributed by atoms with E-state index >= 15 is 0 Å². The van der Waals surface area contributed by atoms with Crippen molar-refractivity contribution >= 4 is 21.6 Å². The van der Waals surface area contributed by atoms with Crippen LogP contribution in [-0.2, 0) is 23.0 Å². The Kier molecular flexibility index (Phi) is 5.72. The summed E-state index contributed by atoms with van der Waals surface area (Å²) in [7, 11) is -0.523. The van der Waals surface area contributed by atoms with Crippen LogP contribution >= 0.6 is 0 Å². The summed E-state index contributed by atoms with van der Waals surface area (Å²) < 4.78 is 48.2. The first-order valence-electron chi connectivity index (χ1n) is 11.2. The molecular formula is C25H26FN5O3S. The van der Waals surface area contributed by atoms with Gasteiger partial charge in [0.05, 0.1) is 17.2 Å². The lowest BCUT2D eigenvalue weighted by Gasteiger charge is -2.15. The molecule has 3 heterocycles. The van der Waals surface area contributed by atoms with Crippen LogP contribution in [-0.4, -0.2) is 47.8 Å². The van der Waals surface area contributed by atoms with Gasteiger partial charge in [0, 0.05) is 56.1 Å². The van der Waals surface area contributed by atoms with Crippen molar-refractivity contribution in [2.45, 2.75) is 31.7 Å². The number of sulfonamides is 1. The van der Waals surface area contributed by atoms with E-state index in [1.165, 1.54) is 24.5 Å². The van der Waals surface area contributed by atoms with Gasteiger partial charge in [-0.25, -0.2) is 27.1 Å². The van der Waals surface area contributed by atoms with Crippen molar-refractivity contribution < 1.29 is 17.5 Å². The van der Waals surface area contributed by atoms with Crippen molar-refractivity contribution in [1.29, 1.82) is 0 Å². The Morgan fingerprint density at radius 2 is 1.97 bits per heavy atom. The Bertz CT molecular complexity index is 1560. The maximum absolute atomic E-state index is 14.6. The second-order valence-electron chi connectivity index (χ2n) is 8.79. The van der Waals surface area contributed by atoms with Crippen LogP contribution in [0.2, 0.25) is 0 Å². The zero-order valence-electron chi connectivity index (χ0n) is 20.0. The highest BCUT2D eigenvalue weighted by atomic mass is 32.2. The van der Waals surface area contributed by atoms with Gasteiger partial charge in [0.2, 0.25) is 16.0 Å². The minimum atomic E-state index is -3.54. The van der Waals surface area contributed by atoms with Crippen LogP contribution < -0.4 is 10.1 Å². The van der Waals surface area contributed by atoms with E-state index in [9.17, 15) is 12.8 Å². The summed E-state index contributed by atoms with van der Waals surface area (Å²) in [4.78, 5) is 9.52. The fourth-order valence-electron chi connectivity index (χ4n) is 4.40. The molecule has 1 N–H and O–H groups in total. The van der Waals surface area contributed by atoms with Crippen molar-refractivity contribution in [1.82, 2.24) is 18.7 Å². The maximum atomic E-state index is 14.6. The van der Waals surface area contributed by atoms with Crippen molar-refractivity contribution in [3.63, 3.8) is 0 Å². The maximum Gasteiger partial charge on any atom is 0.242 e. The molecule has 5 rings (SSSR count). The summed E-state index contributed by atoms with van der Waals surface area (Å²) in [5.41, 5.74) is 5.33. The third-order valence-electron chi connectivity index (χ3n) is 6.24. The van der Waals surface area contributed by atoms with Gasteiger partial charge < -0.3 is 10.1 Å². The highest BCUT2D eigenvalue weighted by Crippen LogP contribution is 2.32. The van der Waals surface area contributed by atoms with Crippen LogP contribution in [0.1, 0.15) is 22.4 Å². The molecule has 182 valence electrons. The zero-order chi connectivity index (χ0) is 24.9. The van der Waals surface area contributed by atoms with Crippen molar-refractivity contribution in [2.75, 3.05) is 26.0 Å². The Morgan fingerprint density at radius 3 is 2.71 bits per heavy atom. The van der Waals surface area contributed by atoms with Crippen LogP contribution in [0.15, 0.2) is 47.6 Å². The second kappa shape index (κ2) is 8.62. The van der Waals surface area contributed by atoms with Gasteiger partial charge in [0.1, 0.15) is 17.2 Å². The van der Waals surface area contributed by atoms with Gasteiger partial charge in [-0.3, -0.25) is 4.40 Å². The molecule has 0 spiro atoms. The first-order chi connectivity index (χ1) is 16.7. The molecule has 0 fully saturated rings. The van der Waals surface area contributed by atoms with Crippen molar-refractivity contribution in [3.8, 4) is 16.9 Å². The molecule has 2 aromatic carbocycles. The Morgan fingerprint density at radius 1 is 1.17 bits per heavy atom. The highest BCUT2D eigenvalue weighted by molar-refractivity contribution is 7.89. The summed E-state index contributed by atoms with van der Waals surface area (Å²) >= 11 is 0. The number of rotatable bonds is 6. The number of halogens is 1.